The zero-order chi connectivity index (χ0) is 21.3. The Bertz CT molecular complexity index is 854. The summed E-state index contributed by atoms with van der Waals surface area (Å²) in [5.41, 5.74) is 0.777. The van der Waals surface area contributed by atoms with E-state index in [-0.39, 0.29) is 19.3 Å². The molecule has 0 aromatic heterocycles. The van der Waals surface area contributed by atoms with Crippen LogP contribution in [0.25, 0.3) is 0 Å². The molecule has 2 amide bonds. The number of carbonyl (C=O) groups is 2. The molecule has 3 aliphatic rings. The average molecular weight is 460 g/mol. The molecular formula is C18H20Cl2FN5O4. The predicted molar refractivity (Wildman–Crippen MR) is 109 cm³/mol. The standard InChI is InChI=1S/C18H20Cl2FN5O4/c19-16(20)17(27)22-4-3-12-8-25(18(28)30-12)11-1-2-14(13(21)7-11)24-5-6-26(23-10-24)15-9-29-15/h1-2,7,10,12,15-16H,3-6,8-9H2,(H,22,27). The largest absolute Gasteiger partial charge is 0.444 e. The van der Waals surface area contributed by atoms with Gasteiger partial charge < -0.3 is 19.7 Å². The van der Waals surface area contributed by atoms with Gasteiger partial charge in [-0.15, -0.1) is 0 Å². The van der Waals surface area contributed by atoms with Crippen LogP contribution in [-0.4, -0.2) is 73.3 Å². The first kappa shape index (κ1) is 21.0. The molecule has 0 bridgehead atoms. The van der Waals surface area contributed by atoms with Crippen molar-refractivity contribution in [2.24, 2.45) is 5.10 Å². The van der Waals surface area contributed by atoms with Crippen LogP contribution in [0.5, 0.6) is 0 Å². The molecule has 2 atom stereocenters. The van der Waals surface area contributed by atoms with Gasteiger partial charge in [0.15, 0.2) is 11.1 Å². The molecule has 0 saturated carbocycles. The first-order valence-electron chi connectivity index (χ1n) is 9.45. The third-order valence-corrected chi connectivity index (χ3v) is 5.34. The fourth-order valence-corrected chi connectivity index (χ4v) is 3.44. The van der Waals surface area contributed by atoms with E-state index in [1.54, 1.807) is 23.4 Å². The van der Waals surface area contributed by atoms with E-state index in [4.69, 9.17) is 32.7 Å². The Morgan fingerprint density at radius 1 is 1.37 bits per heavy atom. The lowest BCUT2D eigenvalue weighted by molar-refractivity contribution is -0.119. The van der Waals surface area contributed by atoms with Crippen molar-refractivity contribution in [3.63, 3.8) is 0 Å². The quantitative estimate of drug-likeness (QED) is 0.494. The minimum atomic E-state index is -1.15. The van der Waals surface area contributed by atoms with Crippen LogP contribution in [0.4, 0.5) is 20.6 Å². The minimum Gasteiger partial charge on any atom is -0.444 e. The van der Waals surface area contributed by atoms with Crippen LogP contribution in [-0.2, 0) is 14.3 Å². The highest BCUT2D eigenvalue weighted by Crippen LogP contribution is 2.29. The number of amides is 2. The van der Waals surface area contributed by atoms with Gasteiger partial charge in [-0.25, -0.2) is 9.18 Å². The van der Waals surface area contributed by atoms with Crippen LogP contribution < -0.4 is 15.1 Å². The maximum absolute atomic E-state index is 14.8. The summed E-state index contributed by atoms with van der Waals surface area (Å²) in [5, 5.41) is 8.64. The van der Waals surface area contributed by atoms with E-state index in [1.165, 1.54) is 11.0 Å². The molecule has 2 fully saturated rings. The number of hydrogen-bond donors (Lipinski definition) is 1. The number of ether oxygens (including phenoxy) is 2. The van der Waals surface area contributed by atoms with Crippen molar-refractivity contribution in [3.05, 3.63) is 24.0 Å². The van der Waals surface area contributed by atoms with Gasteiger partial charge in [-0.3, -0.25) is 14.7 Å². The number of carbonyl (C=O) groups excluding carboxylic acids is 2. The summed E-state index contributed by atoms with van der Waals surface area (Å²) in [6, 6.07) is 4.58. The summed E-state index contributed by atoms with van der Waals surface area (Å²) in [4.78, 5) is 25.5. The number of nitrogens with zero attached hydrogens (tertiary/aromatic N) is 4. The zero-order valence-electron chi connectivity index (χ0n) is 15.8. The van der Waals surface area contributed by atoms with Crippen molar-refractivity contribution < 1.29 is 23.5 Å². The highest BCUT2D eigenvalue weighted by atomic mass is 35.5. The number of alkyl halides is 2. The van der Waals surface area contributed by atoms with Gasteiger partial charge in [-0.1, -0.05) is 23.2 Å². The van der Waals surface area contributed by atoms with Crippen molar-refractivity contribution in [1.29, 1.82) is 0 Å². The smallest absolute Gasteiger partial charge is 0.414 e. The van der Waals surface area contributed by atoms with Crippen LogP contribution in [0, 0.1) is 5.82 Å². The molecule has 0 spiro atoms. The van der Waals surface area contributed by atoms with Gasteiger partial charge in [0.1, 0.15) is 18.3 Å². The van der Waals surface area contributed by atoms with Crippen LogP contribution in [0.1, 0.15) is 6.42 Å². The second-order valence-electron chi connectivity index (χ2n) is 7.01. The number of anilines is 2. The van der Waals surface area contributed by atoms with Crippen LogP contribution in [0.2, 0.25) is 0 Å². The first-order chi connectivity index (χ1) is 14.4. The molecule has 30 heavy (non-hydrogen) atoms. The molecule has 1 aromatic carbocycles. The molecular weight excluding hydrogens is 440 g/mol. The molecule has 162 valence electrons. The van der Waals surface area contributed by atoms with Crippen molar-refractivity contribution in [2.75, 3.05) is 42.6 Å². The summed E-state index contributed by atoms with van der Waals surface area (Å²) in [5.74, 6) is -0.972. The number of rotatable bonds is 7. The molecule has 1 N–H and O–H groups in total. The highest BCUT2D eigenvalue weighted by molar-refractivity contribution is 6.53. The third kappa shape index (κ3) is 4.71. The molecule has 12 heteroatoms. The number of hydrogen-bond acceptors (Lipinski definition) is 7. The third-order valence-electron chi connectivity index (χ3n) is 4.95. The molecule has 3 aliphatic heterocycles. The first-order valence-corrected chi connectivity index (χ1v) is 10.3. The zero-order valence-corrected chi connectivity index (χ0v) is 17.4. The summed E-state index contributed by atoms with van der Waals surface area (Å²) in [6.07, 6.45) is 0.995. The molecule has 3 heterocycles. The van der Waals surface area contributed by atoms with Crippen LogP contribution >= 0.6 is 23.2 Å². The van der Waals surface area contributed by atoms with Crippen LogP contribution in [0.3, 0.4) is 0 Å². The lowest BCUT2D eigenvalue weighted by Crippen LogP contribution is -2.39. The molecule has 2 unspecified atom stereocenters. The Morgan fingerprint density at radius 2 is 2.17 bits per heavy atom. The summed E-state index contributed by atoms with van der Waals surface area (Å²) < 4.78 is 25.2. The Balaban J connectivity index is 1.35. The lowest BCUT2D eigenvalue weighted by Gasteiger charge is -2.29. The van der Waals surface area contributed by atoms with E-state index in [2.05, 4.69) is 10.4 Å². The lowest BCUT2D eigenvalue weighted by atomic mass is 10.2. The Kier molecular flexibility index (Phi) is 6.16. The monoisotopic (exact) mass is 459 g/mol. The molecule has 0 aliphatic carbocycles. The molecule has 9 nitrogen and oxygen atoms in total. The van der Waals surface area contributed by atoms with Gasteiger partial charge in [-0.05, 0) is 18.2 Å². The molecule has 2 saturated heterocycles. The number of cyclic esters (lactones) is 1. The second-order valence-corrected chi connectivity index (χ2v) is 8.10. The summed E-state index contributed by atoms with van der Waals surface area (Å²) >= 11 is 10.9. The maximum atomic E-state index is 14.8. The number of epoxide rings is 1. The SMILES string of the molecule is O=C(NCCC1CN(c2ccc(N3C=NN(C4CO4)CC3)c(F)c2)C(=O)O1)C(Cl)Cl. The number of nitrogens with one attached hydrogen (secondary N) is 1. The Hall–Kier alpha value is -2.30. The van der Waals surface area contributed by atoms with E-state index in [9.17, 15) is 14.0 Å². The van der Waals surface area contributed by atoms with Gasteiger partial charge in [0, 0.05) is 19.5 Å². The van der Waals surface area contributed by atoms with Crippen molar-refractivity contribution >= 4 is 52.9 Å². The normalized spacial score (nSPS) is 23.2. The van der Waals surface area contributed by atoms with E-state index in [1.807, 2.05) is 5.01 Å². The van der Waals surface area contributed by atoms with Gasteiger partial charge in [0.2, 0.25) is 0 Å². The fraction of sp³-hybridized carbons (Fsp3) is 0.500. The summed E-state index contributed by atoms with van der Waals surface area (Å²) in [6.45, 7) is 2.38. The van der Waals surface area contributed by atoms with Gasteiger partial charge in [0.25, 0.3) is 5.91 Å². The second kappa shape index (κ2) is 8.83. The van der Waals surface area contributed by atoms with E-state index >= 15 is 0 Å². The number of benzene rings is 1. The topological polar surface area (TPSA) is 90.0 Å². The number of halogens is 3. The van der Waals surface area contributed by atoms with Crippen molar-refractivity contribution in [3.8, 4) is 0 Å². The Morgan fingerprint density at radius 3 is 2.80 bits per heavy atom. The maximum Gasteiger partial charge on any atom is 0.414 e. The molecule has 0 radical (unpaired) electrons. The predicted octanol–water partition coefficient (Wildman–Crippen LogP) is 1.88. The van der Waals surface area contributed by atoms with Gasteiger partial charge in [-0.2, -0.15) is 5.10 Å². The highest BCUT2D eigenvalue weighted by Gasteiger charge is 2.34. The van der Waals surface area contributed by atoms with E-state index < -0.39 is 28.8 Å². The average Bonchev–Trinajstić information content (AvgIpc) is 3.51. The van der Waals surface area contributed by atoms with Crippen molar-refractivity contribution in [2.45, 2.75) is 23.6 Å². The Labute approximate surface area is 182 Å². The van der Waals surface area contributed by atoms with E-state index in [0.717, 1.165) is 0 Å². The molecule has 4 rings (SSSR count). The summed E-state index contributed by atoms with van der Waals surface area (Å²) in [7, 11) is 0. The number of hydrazone groups is 1. The van der Waals surface area contributed by atoms with Gasteiger partial charge in [0.05, 0.1) is 31.1 Å². The van der Waals surface area contributed by atoms with Crippen LogP contribution in [0.15, 0.2) is 23.3 Å². The fourth-order valence-electron chi connectivity index (χ4n) is 3.28. The minimum absolute atomic E-state index is 0.0318. The van der Waals surface area contributed by atoms with Gasteiger partial charge >= 0.3 is 6.09 Å². The molecule has 1 aromatic rings. The van der Waals surface area contributed by atoms with E-state index in [0.29, 0.717) is 37.5 Å². The van der Waals surface area contributed by atoms with Crippen molar-refractivity contribution in [1.82, 2.24) is 10.3 Å².